The van der Waals surface area contributed by atoms with Crippen molar-refractivity contribution in [1.82, 2.24) is 5.32 Å². The predicted octanol–water partition coefficient (Wildman–Crippen LogP) is 4.31. The van der Waals surface area contributed by atoms with E-state index in [1.165, 1.54) is 18.2 Å². The molecule has 0 aromatic heterocycles. The molecule has 0 saturated heterocycles. The molecule has 1 fully saturated rings. The van der Waals surface area contributed by atoms with Gasteiger partial charge in [0.15, 0.2) is 0 Å². The maximum absolute atomic E-state index is 13.8. The van der Waals surface area contributed by atoms with Crippen molar-refractivity contribution in [1.29, 1.82) is 0 Å². The first-order valence-corrected chi connectivity index (χ1v) is 7.55. The minimum Gasteiger partial charge on any atom is -0.312 e. The molecule has 2 unspecified atom stereocenters. The number of benzene rings is 1. The average molecular weight is 281 g/mol. The van der Waals surface area contributed by atoms with Crippen molar-refractivity contribution in [2.24, 2.45) is 11.8 Å². The monoisotopic (exact) mass is 281 g/mol. The Morgan fingerprint density at radius 2 is 1.70 bits per heavy atom. The fraction of sp³-hybridized carbons (Fsp3) is 0.647. The maximum Gasteiger partial charge on any atom is 0.129 e. The van der Waals surface area contributed by atoms with Crippen LogP contribution < -0.4 is 5.32 Å². The van der Waals surface area contributed by atoms with Crippen molar-refractivity contribution < 1.29 is 8.78 Å². The van der Waals surface area contributed by atoms with Gasteiger partial charge in [0.05, 0.1) is 0 Å². The van der Waals surface area contributed by atoms with Crippen LogP contribution in [0.1, 0.15) is 45.6 Å². The highest BCUT2D eigenvalue weighted by Crippen LogP contribution is 2.35. The summed E-state index contributed by atoms with van der Waals surface area (Å²) in [6, 6.07) is 4.15. The fourth-order valence-electron chi connectivity index (χ4n) is 3.08. The summed E-state index contributed by atoms with van der Waals surface area (Å²) >= 11 is 0. The van der Waals surface area contributed by atoms with Crippen LogP contribution in [-0.4, -0.2) is 12.1 Å². The van der Waals surface area contributed by atoms with Crippen molar-refractivity contribution in [3.63, 3.8) is 0 Å². The van der Waals surface area contributed by atoms with E-state index < -0.39 is 11.6 Å². The van der Waals surface area contributed by atoms with Gasteiger partial charge < -0.3 is 5.32 Å². The zero-order valence-corrected chi connectivity index (χ0v) is 12.7. The Labute approximate surface area is 120 Å². The Morgan fingerprint density at radius 1 is 1.10 bits per heavy atom. The van der Waals surface area contributed by atoms with Crippen LogP contribution in [0.2, 0.25) is 0 Å². The van der Waals surface area contributed by atoms with Crippen LogP contribution in [0.25, 0.3) is 0 Å². The lowest BCUT2D eigenvalue weighted by Gasteiger charge is -2.26. The lowest BCUT2D eigenvalue weighted by Crippen LogP contribution is -2.40. The molecular weight excluding hydrogens is 256 g/mol. The van der Waals surface area contributed by atoms with Gasteiger partial charge >= 0.3 is 0 Å². The second-order valence-electron chi connectivity index (χ2n) is 6.99. The van der Waals surface area contributed by atoms with Gasteiger partial charge in [-0.25, -0.2) is 8.78 Å². The van der Waals surface area contributed by atoms with E-state index in [0.29, 0.717) is 18.3 Å². The van der Waals surface area contributed by atoms with Gasteiger partial charge in [-0.2, -0.15) is 0 Å². The number of hydrogen-bond donors (Lipinski definition) is 1. The zero-order valence-electron chi connectivity index (χ0n) is 12.7. The molecule has 2 rings (SSSR count). The molecule has 1 nitrogen and oxygen atoms in total. The van der Waals surface area contributed by atoms with Crippen molar-refractivity contribution >= 4 is 0 Å². The van der Waals surface area contributed by atoms with E-state index in [4.69, 9.17) is 0 Å². The summed E-state index contributed by atoms with van der Waals surface area (Å²) in [7, 11) is 0. The molecule has 0 spiro atoms. The maximum atomic E-state index is 13.8. The predicted molar refractivity (Wildman–Crippen MR) is 78.6 cm³/mol. The normalized spacial score (nSPS) is 23.2. The lowest BCUT2D eigenvalue weighted by atomic mass is 9.88. The first kappa shape index (κ1) is 15.4. The van der Waals surface area contributed by atoms with Crippen LogP contribution in [0.4, 0.5) is 8.78 Å². The van der Waals surface area contributed by atoms with Crippen molar-refractivity contribution in [2.45, 2.75) is 52.0 Å². The Bertz CT molecular complexity index is 431. The minimum absolute atomic E-state index is 0.0936. The van der Waals surface area contributed by atoms with E-state index in [1.54, 1.807) is 0 Å². The molecule has 0 amide bonds. The summed E-state index contributed by atoms with van der Waals surface area (Å²) in [5.74, 6) is 0.100. The molecule has 1 aliphatic carbocycles. The third-order valence-electron chi connectivity index (χ3n) is 4.24. The standard InChI is InChI=1S/C17H25F2N/c1-17(2,3)20-11-13-7-4-6-12(13)10-14-15(18)8-5-9-16(14)19/h5,8-9,12-13,20H,4,6-7,10-11H2,1-3H3. The van der Waals surface area contributed by atoms with Crippen molar-refractivity contribution in [3.05, 3.63) is 35.4 Å². The van der Waals surface area contributed by atoms with Crippen LogP contribution in [0.5, 0.6) is 0 Å². The second-order valence-corrected chi connectivity index (χ2v) is 6.99. The van der Waals surface area contributed by atoms with E-state index >= 15 is 0 Å². The summed E-state index contributed by atoms with van der Waals surface area (Å²) in [5.41, 5.74) is 0.358. The fourth-order valence-corrected chi connectivity index (χ4v) is 3.08. The smallest absolute Gasteiger partial charge is 0.129 e. The Balaban J connectivity index is 2.01. The molecule has 1 saturated carbocycles. The summed E-state index contributed by atoms with van der Waals surface area (Å²) in [6.07, 6.45) is 3.92. The van der Waals surface area contributed by atoms with Crippen molar-refractivity contribution in [2.75, 3.05) is 6.54 Å². The summed E-state index contributed by atoms with van der Waals surface area (Å²) < 4.78 is 27.5. The van der Waals surface area contributed by atoms with E-state index in [9.17, 15) is 8.78 Å². The van der Waals surface area contributed by atoms with E-state index in [-0.39, 0.29) is 11.1 Å². The molecule has 0 aliphatic heterocycles. The third-order valence-corrected chi connectivity index (χ3v) is 4.24. The molecule has 2 atom stereocenters. The van der Waals surface area contributed by atoms with Gasteiger partial charge in [-0.15, -0.1) is 0 Å². The van der Waals surface area contributed by atoms with Crippen molar-refractivity contribution in [3.8, 4) is 0 Å². The van der Waals surface area contributed by atoms with E-state index in [1.807, 2.05) is 0 Å². The Kier molecular flexibility index (Phi) is 4.79. The first-order valence-electron chi connectivity index (χ1n) is 7.55. The SMILES string of the molecule is CC(C)(C)NCC1CCCC1Cc1c(F)cccc1F. The third kappa shape index (κ3) is 4.02. The Hall–Kier alpha value is -0.960. The summed E-state index contributed by atoms with van der Waals surface area (Å²) in [5, 5.41) is 3.52. The van der Waals surface area contributed by atoms with Gasteiger partial charge in [-0.3, -0.25) is 0 Å². The molecule has 20 heavy (non-hydrogen) atoms. The number of rotatable bonds is 4. The molecule has 0 heterocycles. The van der Waals surface area contributed by atoms with E-state index in [0.717, 1.165) is 25.8 Å². The van der Waals surface area contributed by atoms with Crippen LogP contribution in [0.15, 0.2) is 18.2 Å². The highest BCUT2D eigenvalue weighted by molar-refractivity contribution is 5.20. The molecule has 0 bridgehead atoms. The van der Waals surface area contributed by atoms with Gasteiger partial charge in [0, 0.05) is 11.1 Å². The lowest BCUT2D eigenvalue weighted by molar-refractivity contribution is 0.313. The Morgan fingerprint density at radius 3 is 2.30 bits per heavy atom. The quantitative estimate of drug-likeness (QED) is 0.867. The second kappa shape index (κ2) is 6.21. The molecule has 1 N–H and O–H groups in total. The van der Waals surface area contributed by atoms with Gasteiger partial charge in [0.25, 0.3) is 0 Å². The molecule has 1 aliphatic rings. The molecule has 3 heteroatoms. The zero-order chi connectivity index (χ0) is 14.8. The van der Waals surface area contributed by atoms with Gasteiger partial charge in [0.2, 0.25) is 0 Å². The molecule has 1 aromatic rings. The largest absolute Gasteiger partial charge is 0.312 e. The molecular formula is C17H25F2N. The van der Waals surface area contributed by atoms with Crippen LogP contribution in [0, 0.1) is 23.5 Å². The highest BCUT2D eigenvalue weighted by atomic mass is 19.1. The summed E-state index contributed by atoms with van der Waals surface area (Å²) in [4.78, 5) is 0. The van der Waals surface area contributed by atoms with E-state index in [2.05, 4.69) is 26.1 Å². The van der Waals surface area contributed by atoms with Gasteiger partial charge in [-0.1, -0.05) is 12.5 Å². The minimum atomic E-state index is -0.403. The number of nitrogens with one attached hydrogen (secondary N) is 1. The average Bonchev–Trinajstić information content (AvgIpc) is 2.78. The first-order chi connectivity index (χ1) is 9.37. The number of halogens is 2. The molecule has 1 aromatic carbocycles. The van der Waals surface area contributed by atoms with Gasteiger partial charge in [0.1, 0.15) is 11.6 Å². The van der Waals surface area contributed by atoms with Crippen LogP contribution >= 0.6 is 0 Å². The molecule has 0 radical (unpaired) electrons. The van der Waals surface area contributed by atoms with Gasteiger partial charge in [-0.05, 0) is 70.5 Å². The van der Waals surface area contributed by atoms with Crippen LogP contribution in [0.3, 0.4) is 0 Å². The number of hydrogen-bond acceptors (Lipinski definition) is 1. The summed E-state index contributed by atoms with van der Waals surface area (Å²) in [6.45, 7) is 7.37. The molecule has 112 valence electrons. The van der Waals surface area contributed by atoms with Crippen LogP contribution in [-0.2, 0) is 6.42 Å². The highest BCUT2D eigenvalue weighted by Gasteiger charge is 2.29. The topological polar surface area (TPSA) is 12.0 Å².